The predicted molar refractivity (Wildman–Crippen MR) is 80.4 cm³/mol. The molecule has 0 bridgehead atoms. The zero-order chi connectivity index (χ0) is 14.7. The molecule has 116 valence electrons. The Kier molecular flexibility index (Phi) is 10.5. The molecule has 0 fully saturated rings. The van der Waals surface area contributed by atoms with Gasteiger partial charge in [0.15, 0.2) is 0 Å². The first-order chi connectivity index (χ1) is 8.94. The maximum Gasteiger partial charge on any atom is 0.148 e. The first-order valence-corrected chi connectivity index (χ1v) is 9.12. The Morgan fingerprint density at radius 3 is 2.26 bits per heavy atom. The number of rotatable bonds is 12. The van der Waals surface area contributed by atoms with Gasteiger partial charge in [-0.05, 0) is 12.8 Å². The lowest BCUT2D eigenvalue weighted by atomic mass is 10.1. The second-order valence-electron chi connectivity index (χ2n) is 4.88. The van der Waals surface area contributed by atoms with Crippen LogP contribution >= 0.6 is 0 Å². The van der Waals surface area contributed by atoms with Gasteiger partial charge in [-0.3, -0.25) is 4.90 Å². The van der Waals surface area contributed by atoms with Crippen LogP contribution in [0.25, 0.3) is 0 Å². The van der Waals surface area contributed by atoms with Gasteiger partial charge >= 0.3 is 0 Å². The zero-order valence-electron chi connectivity index (χ0n) is 12.8. The highest BCUT2D eigenvalue weighted by Gasteiger charge is 2.14. The van der Waals surface area contributed by atoms with Crippen molar-refractivity contribution in [1.29, 1.82) is 0 Å². The van der Waals surface area contributed by atoms with Crippen molar-refractivity contribution in [3.05, 3.63) is 0 Å². The number of nitrogens with zero attached hydrogens (tertiary/aromatic N) is 1. The van der Waals surface area contributed by atoms with Gasteiger partial charge in [-0.1, -0.05) is 13.8 Å². The largest absolute Gasteiger partial charge is 0.383 e. The minimum atomic E-state index is -2.86. The third-order valence-corrected chi connectivity index (χ3v) is 4.21. The van der Waals surface area contributed by atoms with Gasteiger partial charge in [0.1, 0.15) is 9.84 Å². The maximum absolute atomic E-state index is 11.0. The number of ether oxygens (including phenoxy) is 1. The number of hydrogen-bond acceptors (Lipinski definition) is 5. The van der Waals surface area contributed by atoms with Crippen LogP contribution in [0.3, 0.4) is 0 Å². The number of nitrogens with one attached hydrogen (secondary N) is 1. The first-order valence-electron chi connectivity index (χ1n) is 7.06. The van der Waals surface area contributed by atoms with Gasteiger partial charge in [0, 0.05) is 45.6 Å². The van der Waals surface area contributed by atoms with Crippen molar-refractivity contribution >= 4 is 9.84 Å². The molecule has 0 radical (unpaired) electrons. The molecule has 0 atom stereocenters. The van der Waals surface area contributed by atoms with E-state index >= 15 is 0 Å². The van der Waals surface area contributed by atoms with Crippen LogP contribution in [0.2, 0.25) is 0 Å². The van der Waals surface area contributed by atoms with Gasteiger partial charge in [0.25, 0.3) is 0 Å². The van der Waals surface area contributed by atoms with Gasteiger partial charge in [-0.25, -0.2) is 8.42 Å². The summed E-state index contributed by atoms with van der Waals surface area (Å²) >= 11 is 0. The molecule has 0 aliphatic rings. The molecule has 19 heavy (non-hydrogen) atoms. The monoisotopic (exact) mass is 294 g/mol. The molecule has 1 N–H and O–H groups in total. The smallest absolute Gasteiger partial charge is 0.148 e. The van der Waals surface area contributed by atoms with Crippen molar-refractivity contribution in [2.75, 3.05) is 51.9 Å². The molecule has 0 rings (SSSR count). The van der Waals surface area contributed by atoms with Crippen LogP contribution < -0.4 is 5.32 Å². The van der Waals surface area contributed by atoms with Crippen LogP contribution in [0.4, 0.5) is 0 Å². The van der Waals surface area contributed by atoms with E-state index in [4.69, 9.17) is 4.74 Å². The van der Waals surface area contributed by atoms with Crippen molar-refractivity contribution < 1.29 is 13.2 Å². The van der Waals surface area contributed by atoms with Crippen molar-refractivity contribution in [2.45, 2.75) is 32.7 Å². The van der Waals surface area contributed by atoms with E-state index in [0.717, 1.165) is 39.1 Å². The van der Waals surface area contributed by atoms with Gasteiger partial charge < -0.3 is 10.1 Å². The molecule has 0 saturated heterocycles. The molecular formula is C13H30N2O3S. The van der Waals surface area contributed by atoms with E-state index in [0.29, 0.717) is 12.6 Å². The molecule has 0 saturated carbocycles. The van der Waals surface area contributed by atoms with E-state index in [1.165, 1.54) is 6.26 Å². The molecule has 0 amide bonds. The Labute approximate surface area is 118 Å². The molecule has 0 unspecified atom stereocenters. The normalized spacial score (nSPS) is 12.5. The molecule has 0 aromatic rings. The molecule has 5 nitrogen and oxygen atoms in total. The highest BCUT2D eigenvalue weighted by molar-refractivity contribution is 7.90. The quantitative estimate of drug-likeness (QED) is 0.539. The van der Waals surface area contributed by atoms with Gasteiger partial charge in [0.2, 0.25) is 0 Å². The Morgan fingerprint density at radius 1 is 1.16 bits per heavy atom. The first kappa shape index (κ1) is 18.8. The third-order valence-electron chi connectivity index (χ3n) is 3.27. The summed E-state index contributed by atoms with van der Waals surface area (Å²) in [5, 5.41) is 3.19. The highest BCUT2D eigenvalue weighted by atomic mass is 32.2. The standard InChI is InChI=1S/C13H30N2O3S/c1-5-13(6-2)15(10-11-18-3)9-7-14-8-12-19(4,16)17/h13-14H,5-12H2,1-4H3. The summed E-state index contributed by atoms with van der Waals surface area (Å²) in [6.07, 6.45) is 3.52. The second-order valence-corrected chi connectivity index (χ2v) is 7.14. The van der Waals surface area contributed by atoms with Crippen LogP contribution in [0.1, 0.15) is 26.7 Å². The lowest BCUT2D eigenvalue weighted by Gasteiger charge is -2.30. The van der Waals surface area contributed by atoms with Crippen molar-refractivity contribution in [1.82, 2.24) is 10.2 Å². The van der Waals surface area contributed by atoms with Crippen LogP contribution in [0.15, 0.2) is 0 Å². The molecule has 0 aromatic carbocycles. The molecule has 0 aliphatic carbocycles. The summed E-state index contributed by atoms with van der Waals surface area (Å²) in [7, 11) is -1.14. The highest BCUT2D eigenvalue weighted by Crippen LogP contribution is 2.07. The summed E-state index contributed by atoms with van der Waals surface area (Å²) in [5.74, 6) is 0.204. The lowest BCUT2D eigenvalue weighted by Crippen LogP contribution is -2.41. The summed E-state index contributed by atoms with van der Waals surface area (Å²) in [6.45, 7) is 8.33. The molecular weight excluding hydrogens is 264 g/mol. The van der Waals surface area contributed by atoms with E-state index in [-0.39, 0.29) is 5.75 Å². The molecule has 0 aromatic heterocycles. The van der Waals surface area contributed by atoms with E-state index in [1.54, 1.807) is 7.11 Å². The van der Waals surface area contributed by atoms with Crippen molar-refractivity contribution in [2.24, 2.45) is 0 Å². The van der Waals surface area contributed by atoms with Gasteiger partial charge in [-0.2, -0.15) is 0 Å². The number of hydrogen-bond donors (Lipinski definition) is 1. The van der Waals surface area contributed by atoms with Gasteiger partial charge in [0.05, 0.1) is 12.4 Å². The number of methoxy groups -OCH3 is 1. The van der Waals surface area contributed by atoms with Crippen LogP contribution in [-0.2, 0) is 14.6 Å². The van der Waals surface area contributed by atoms with Crippen LogP contribution in [-0.4, -0.2) is 71.3 Å². The van der Waals surface area contributed by atoms with Crippen molar-refractivity contribution in [3.8, 4) is 0 Å². The molecule has 0 aliphatic heterocycles. The minimum Gasteiger partial charge on any atom is -0.383 e. The molecule has 6 heteroatoms. The summed E-state index contributed by atoms with van der Waals surface area (Å²) in [4.78, 5) is 2.41. The fraction of sp³-hybridized carbons (Fsp3) is 1.00. The molecule has 0 spiro atoms. The zero-order valence-corrected chi connectivity index (χ0v) is 13.6. The number of sulfone groups is 1. The Hall–Kier alpha value is -0.170. The Morgan fingerprint density at radius 2 is 1.79 bits per heavy atom. The van der Waals surface area contributed by atoms with Crippen LogP contribution in [0, 0.1) is 0 Å². The average Bonchev–Trinajstić information content (AvgIpc) is 2.34. The van der Waals surface area contributed by atoms with Gasteiger partial charge in [-0.15, -0.1) is 0 Å². The fourth-order valence-corrected chi connectivity index (χ4v) is 2.61. The van der Waals surface area contributed by atoms with Crippen LogP contribution in [0.5, 0.6) is 0 Å². The summed E-state index contributed by atoms with van der Waals surface area (Å²) in [5.41, 5.74) is 0. The summed E-state index contributed by atoms with van der Waals surface area (Å²) < 4.78 is 27.1. The lowest BCUT2D eigenvalue weighted by molar-refractivity contribution is 0.116. The van der Waals surface area contributed by atoms with E-state index in [1.807, 2.05) is 0 Å². The fourth-order valence-electron chi connectivity index (χ4n) is 2.10. The average molecular weight is 294 g/mol. The van der Waals surface area contributed by atoms with Crippen molar-refractivity contribution in [3.63, 3.8) is 0 Å². The SMILES string of the molecule is CCC(CC)N(CCNCCS(C)(=O)=O)CCOC. The maximum atomic E-state index is 11.0. The molecule has 0 heterocycles. The van der Waals surface area contributed by atoms with E-state index in [9.17, 15) is 8.42 Å². The second kappa shape index (κ2) is 10.6. The summed E-state index contributed by atoms with van der Waals surface area (Å²) in [6, 6.07) is 0.576. The Bertz CT molecular complexity index is 303. The predicted octanol–water partition coefficient (Wildman–Crippen LogP) is 0.758. The third kappa shape index (κ3) is 10.3. The minimum absolute atomic E-state index is 0.204. The van der Waals surface area contributed by atoms with E-state index < -0.39 is 9.84 Å². The Balaban J connectivity index is 3.97. The van der Waals surface area contributed by atoms with E-state index in [2.05, 4.69) is 24.1 Å². The topological polar surface area (TPSA) is 58.6 Å².